The van der Waals surface area contributed by atoms with E-state index in [-0.39, 0.29) is 24.6 Å². The Morgan fingerprint density at radius 3 is 2.77 bits per heavy atom. The van der Waals surface area contributed by atoms with Crippen LogP contribution in [0.25, 0.3) is 0 Å². The monoisotopic (exact) mass is 304 g/mol. The van der Waals surface area contributed by atoms with E-state index in [9.17, 15) is 9.90 Å². The first-order valence-electron chi connectivity index (χ1n) is 8.23. The zero-order chi connectivity index (χ0) is 16.1. The highest BCUT2D eigenvalue weighted by molar-refractivity contribution is 5.78. The number of hydrogen-bond donors (Lipinski definition) is 1. The highest BCUT2D eigenvalue weighted by Crippen LogP contribution is 2.33. The van der Waals surface area contributed by atoms with Crippen LogP contribution in [0.15, 0.2) is 24.3 Å². The molecule has 0 saturated heterocycles. The highest BCUT2D eigenvalue weighted by Gasteiger charge is 2.27. The van der Waals surface area contributed by atoms with Crippen molar-refractivity contribution in [1.82, 2.24) is 9.80 Å². The minimum Gasteiger partial charge on any atom is -0.395 e. The first-order chi connectivity index (χ1) is 10.5. The molecule has 0 aliphatic heterocycles. The standard InChI is InChI=1S/C18H28N2O2/c1-14(2)19(3)18(22)13-20(11-12-21)17-10-6-8-15-7-4-5-9-16(15)17/h4-5,7,9,14,17,21H,6,8,10-13H2,1-3H3. The third-order valence-corrected chi connectivity index (χ3v) is 4.67. The predicted molar refractivity (Wildman–Crippen MR) is 88.7 cm³/mol. The van der Waals surface area contributed by atoms with Gasteiger partial charge in [0.1, 0.15) is 0 Å². The van der Waals surface area contributed by atoms with E-state index in [0.29, 0.717) is 13.1 Å². The van der Waals surface area contributed by atoms with Crippen molar-refractivity contribution in [1.29, 1.82) is 0 Å². The summed E-state index contributed by atoms with van der Waals surface area (Å²) in [5.74, 6) is 0.117. The summed E-state index contributed by atoms with van der Waals surface area (Å²) >= 11 is 0. The number of likely N-dealkylation sites (N-methyl/N-ethyl adjacent to an activating group) is 1. The fraction of sp³-hybridized carbons (Fsp3) is 0.611. The minimum atomic E-state index is 0.0807. The second-order valence-corrected chi connectivity index (χ2v) is 6.40. The second kappa shape index (κ2) is 7.75. The molecular weight excluding hydrogens is 276 g/mol. The van der Waals surface area contributed by atoms with E-state index in [4.69, 9.17) is 0 Å². The van der Waals surface area contributed by atoms with Gasteiger partial charge in [0.15, 0.2) is 0 Å². The Labute approximate surface area is 133 Å². The van der Waals surface area contributed by atoms with Crippen LogP contribution < -0.4 is 0 Å². The maximum Gasteiger partial charge on any atom is 0.236 e. The number of benzene rings is 1. The molecule has 22 heavy (non-hydrogen) atoms. The molecule has 0 aromatic heterocycles. The lowest BCUT2D eigenvalue weighted by atomic mass is 9.86. The smallest absolute Gasteiger partial charge is 0.236 e. The summed E-state index contributed by atoms with van der Waals surface area (Å²) < 4.78 is 0. The van der Waals surface area contributed by atoms with E-state index in [0.717, 1.165) is 19.3 Å². The molecule has 0 spiro atoms. The summed E-state index contributed by atoms with van der Waals surface area (Å²) in [7, 11) is 1.85. The molecular formula is C18H28N2O2. The number of fused-ring (bicyclic) bond motifs is 1. The van der Waals surface area contributed by atoms with Crippen molar-refractivity contribution in [3.63, 3.8) is 0 Å². The summed E-state index contributed by atoms with van der Waals surface area (Å²) in [4.78, 5) is 16.3. The van der Waals surface area contributed by atoms with Gasteiger partial charge >= 0.3 is 0 Å². The van der Waals surface area contributed by atoms with Gasteiger partial charge in [-0.25, -0.2) is 0 Å². The number of aliphatic hydroxyl groups is 1. The number of rotatable bonds is 6. The second-order valence-electron chi connectivity index (χ2n) is 6.40. The Bertz CT molecular complexity index is 502. The summed E-state index contributed by atoms with van der Waals surface area (Å²) in [5, 5.41) is 9.41. The van der Waals surface area contributed by atoms with Crippen molar-refractivity contribution in [2.75, 3.05) is 26.7 Å². The van der Waals surface area contributed by atoms with Crippen LogP contribution in [0, 0.1) is 0 Å². The molecule has 0 heterocycles. The number of amides is 1. The van der Waals surface area contributed by atoms with Crippen LogP contribution in [-0.4, -0.2) is 53.6 Å². The fourth-order valence-corrected chi connectivity index (χ4v) is 3.15. The quantitative estimate of drug-likeness (QED) is 0.876. The molecule has 1 N–H and O–H groups in total. The lowest BCUT2D eigenvalue weighted by Gasteiger charge is -2.36. The molecule has 1 aliphatic rings. The van der Waals surface area contributed by atoms with Crippen molar-refractivity contribution >= 4 is 5.91 Å². The molecule has 1 atom stereocenters. The maximum atomic E-state index is 12.4. The first-order valence-corrected chi connectivity index (χ1v) is 8.23. The van der Waals surface area contributed by atoms with Gasteiger partial charge < -0.3 is 10.0 Å². The van der Waals surface area contributed by atoms with Crippen molar-refractivity contribution < 1.29 is 9.90 Å². The average Bonchev–Trinajstić information content (AvgIpc) is 2.53. The van der Waals surface area contributed by atoms with E-state index >= 15 is 0 Å². The third-order valence-electron chi connectivity index (χ3n) is 4.67. The Balaban J connectivity index is 2.17. The fourth-order valence-electron chi connectivity index (χ4n) is 3.15. The highest BCUT2D eigenvalue weighted by atomic mass is 16.3. The average molecular weight is 304 g/mol. The van der Waals surface area contributed by atoms with Gasteiger partial charge in [-0.15, -0.1) is 0 Å². The topological polar surface area (TPSA) is 43.8 Å². The van der Waals surface area contributed by atoms with Gasteiger partial charge in [0.05, 0.1) is 13.2 Å². The Hall–Kier alpha value is -1.39. The van der Waals surface area contributed by atoms with E-state index in [1.807, 2.05) is 20.9 Å². The van der Waals surface area contributed by atoms with Crippen LogP contribution in [0.4, 0.5) is 0 Å². The number of carbonyl (C=O) groups is 1. The van der Waals surface area contributed by atoms with Crippen LogP contribution >= 0.6 is 0 Å². The molecule has 2 rings (SSSR count). The zero-order valence-electron chi connectivity index (χ0n) is 14.0. The lowest BCUT2D eigenvalue weighted by molar-refractivity contribution is -0.133. The SMILES string of the molecule is CC(C)N(C)C(=O)CN(CCO)C1CCCc2ccccc21. The Morgan fingerprint density at radius 1 is 1.36 bits per heavy atom. The number of hydrogen-bond acceptors (Lipinski definition) is 3. The van der Waals surface area contributed by atoms with Gasteiger partial charge in [-0.1, -0.05) is 24.3 Å². The van der Waals surface area contributed by atoms with Crippen LogP contribution in [0.3, 0.4) is 0 Å². The van der Waals surface area contributed by atoms with E-state index in [2.05, 4.69) is 29.2 Å². The van der Waals surface area contributed by atoms with Crippen LogP contribution in [0.2, 0.25) is 0 Å². The summed E-state index contributed by atoms with van der Waals surface area (Å²) in [6, 6.07) is 8.93. The van der Waals surface area contributed by atoms with Gasteiger partial charge in [-0.05, 0) is 44.2 Å². The van der Waals surface area contributed by atoms with Gasteiger partial charge in [-0.2, -0.15) is 0 Å². The molecule has 1 amide bonds. The van der Waals surface area contributed by atoms with Gasteiger partial charge in [0.25, 0.3) is 0 Å². The zero-order valence-corrected chi connectivity index (χ0v) is 14.0. The molecule has 0 radical (unpaired) electrons. The van der Waals surface area contributed by atoms with Gasteiger partial charge in [0.2, 0.25) is 5.91 Å². The van der Waals surface area contributed by atoms with Crippen LogP contribution in [-0.2, 0) is 11.2 Å². The number of nitrogens with zero attached hydrogens (tertiary/aromatic N) is 2. The number of aliphatic hydroxyl groups excluding tert-OH is 1. The van der Waals surface area contributed by atoms with Crippen molar-refractivity contribution in [3.05, 3.63) is 35.4 Å². The number of aryl methyl sites for hydroxylation is 1. The molecule has 0 bridgehead atoms. The summed E-state index contributed by atoms with van der Waals surface area (Å²) in [6.07, 6.45) is 3.30. The molecule has 1 unspecified atom stereocenters. The number of carbonyl (C=O) groups excluding carboxylic acids is 1. The first kappa shape index (κ1) is 17.0. The Morgan fingerprint density at radius 2 is 2.09 bits per heavy atom. The summed E-state index contributed by atoms with van der Waals surface area (Å²) in [6.45, 7) is 5.02. The van der Waals surface area contributed by atoms with Crippen LogP contribution in [0.5, 0.6) is 0 Å². The minimum absolute atomic E-state index is 0.0807. The molecule has 0 saturated carbocycles. The van der Waals surface area contributed by atoms with Crippen molar-refractivity contribution in [2.24, 2.45) is 0 Å². The molecule has 1 aromatic rings. The van der Waals surface area contributed by atoms with Crippen LogP contribution in [0.1, 0.15) is 43.9 Å². The largest absolute Gasteiger partial charge is 0.395 e. The molecule has 1 aliphatic carbocycles. The molecule has 0 fully saturated rings. The maximum absolute atomic E-state index is 12.4. The molecule has 1 aromatic carbocycles. The molecule has 122 valence electrons. The normalized spacial score (nSPS) is 17.6. The van der Waals surface area contributed by atoms with Crippen molar-refractivity contribution in [3.8, 4) is 0 Å². The van der Waals surface area contributed by atoms with Gasteiger partial charge in [-0.3, -0.25) is 9.69 Å². The third kappa shape index (κ3) is 3.87. The van der Waals surface area contributed by atoms with E-state index in [1.165, 1.54) is 11.1 Å². The van der Waals surface area contributed by atoms with E-state index in [1.54, 1.807) is 4.90 Å². The lowest BCUT2D eigenvalue weighted by Crippen LogP contribution is -2.44. The molecule has 4 nitrogen and oxygen atoms in total. The molecule has 4 heteroatoms. The van der Waals surface area contributed by atoms with Gasteiger partial charge in [0, 0.05) is 25.7 Å². The predicted octanol–water partition coefficient (Wildman–Crippen LogP) is 2.23. The Kier molecular flexibility index (Phi) is 5.98. The summed E-state index contributed by atoms with van der Waals surface area (Å²) in [5.41, 5.74) is 2.70. The van der Waals surface area contributed by atoms with Crippen molar-refractivity contribution in [2.45, 2.75) is 45.2 Å². The van der Waals surface area contributed by atoms with E-state index < -0.39 is 0 Å².